The summed E-state index contributed by atoms with van der Waals surface area (Å²) < 4.78 is 0. The van der Waals surface area contributed by atoms with Crippen molar-refractivity contribution >= 4 is 29.6 Å². The molecule has 0 unspecified atom stereocenters. The van der Waals surface area contributed by atoms with E-state index in [4.69, 9.17) is 26.3 Å². The van der Waals surface area contributed by atoms with Crippen LogP contribution in [0.3, 0.4) is 0 Å². The van der Waals surface area contributed by atoms with Crippen LogP contribution in [-0.2, 0) is 0 Å². The quantitative estimate of drug-likeness (QED) is 0.428. The molecule has 0 amide bonds. The van der Waals surface area contributed by atoms with Crippen LogP contribution in [0.2, 0.25) is 0 Å². The second-order valence-electron chi connectivity index (χ2n) is 3.42. The molecule has 1 heterocycles. The van der Waals surface area contributed by atoms with Crippen LogP contribution in [0.1, 0.15) is 12.8 Å². The van der Waals surface area contributed by atoms with Crippen molar-refractivity contribution in [3.8, 4) is 30.5 Å². The van der Waals surface area contributed by atoms with Crippen LogP contribution >= 0.6 is 0 Å². The number of nitrogens with zero attached hydrogens (tertiary/aromatic N) is 6. The maximum absolute atomic E-state index is 9.07. The first-order valence-electron chi connectivity index (χ1n) is 4.49. The van der Waals surface area contributed by atoms with Gasteiger partial charge in [0.25, 0.3) is 5.54 Å². The average molecular weight is 233 g/mol. The molecule has 0 aromatic carbocycles. The Bertz CT molecular complexity index is 477. The van der Waals surface area contributed by atoms with Crippen LogP contribution in [-0.4, -0.2) is 46.5 Å². The van der Waals surface area contributed by atoms with Gasteiger partial charge in [-0.15, -0.1) is 0 Å². The van der Waals surface area contributed by atoms with Crippen molar-refractivity contribution in [2.75, 3.05) is 6.54 Å². The fourth-order valence-corrected chi connectivity index (χ4v) is 1.84. The van der Waals surface area contributed by atoms with Crippen LogP contribution < -0.4 is 0 Å². The van der Waals surface area contributed by atoms with E-state index in [1.807, 2.05) is 0 Å². The zero-order valence-electron chi connectivity index (χ0n) is 9.30. The van der Waals surface area contributed by atoms with Gasteiger partial charge in [0.1, 0.15) is 12.1 Å². The Hall–Kier alpha value is -1.75. The number of rotatable bonds is 0. The summed E-state index contributed by atoms with van der Waals surface area (Å²) in [5.41, 5.74) is -3.76. The Morgan fingerprint density at radius 2 is 1.41 bits per heavy atom. The van der Waals surface area contributed by atoms with E-state index in [2.05, 4.69) is 0 Å². The first-order chi connectivity index (χ1) is 7.66. The van der Waals surface area contributed by atoms with E-state index >= 15 is 0 Å². The topological polar surface area (TPSA) is 122 Å². The van der Waals surface area contributed by atoms with Gasteiger partial charge in [0.15, 0.2) is 11.6 Å². The van der Waals surface area contributed by atoms with Crippen LogP contribution in [0.4, 0.5) is 0 Å². The van der Waals surface area contributed by atoms with Crippen LogP contribution in [0.15, 0.2) is 0 Å². The summed E-state index contributed by atoms with van der Waals surface area (Å²) in [5.74, 6) is 0. The van der Waals surface area contributed by atoms with Crippen molar-refractivity contribution in [3.63, 3.8) is 0 Å². The molecule has 0 aromatic heterocycles. The number of nitriles is 5. The summed E-state index contributed by atoms with van der Waals surface area (Å²) in [4.78, 5) is 0.920. The third-order valence-electron chi connectivity index (χ3n) is 2.78. The van der Waals surface area contributed by atoms with E-state index in [1.54, 1.807) is 30.5 Å². The summed E-state index contributed by atoms with van der Waals surface area (Å²) in [7, 11) is 0. The molecule has 77 valence electrons. The minimum Gasteiger partial charge on any atom is -0.276 e. The van der Waals surface area contributed by atoms with E-state index in [9.17, 15) is 0 Å². The summed E-state index contributed by atoms with van der Waals surface area (Å²) in [5, 5.41) is 45.1. The number of likely N-dealkylation sites (tertiary alicyclic amines) is 1. The predicted octanol–water partition coefficient (Wildman–Crippen LogP) is 0.00200. The van der Waals surface area contributed by atoms with Gasteiger partial charge in [0.05, 0.1) is 12.1 Å². The zero-order chi connectivity index (χ0) is 12.2. The molecule has 1 rings (SSSR count). The van der Waals surface area contributed by atoms with Crippen molar-refractivity contribution in [2.24, 2.45) is 5.41 Å². The third kappa shape index (κ3) is 1.82. The van der Waals surface area contributed by atoms with E-state index in [0.29, 0.717) is 6.42 Å². The molecule has 1 fully saturated rings. The summed E-state index contributed by atoms with van der Waals surface area (Å²) >= 11 is 0. The molecule has 17 heavy (non-hydrogen) atoms. The summed E-state index contributed by atoms with van der Waals surface area (Å²) in [6, 6.07) is 6.77. The molecule has 1 aliphatic heterocycles. The number of piperidine rings is 1. The van der Waals surface area contributed by atoms with Crippen LogP contribution in [0.25, 0.3) is 0 Å². The second kappa shape index (κ2) is 5.54. The number of hydrogen-bond donors (Lipinski definition) is 0. The smallest absolute Gasteiger partial charge is 0.254 e. The molecule has 0 atom stereocenters. The SMILES string of the molecule is N#CN1CCCC(C#N)(C#N)C1(C#N)C#N.[Na]. The predicted molar refractivity (Wildman–Crippen MR) is 54.9 cm³/mol. The van der Waals surface area contributed by atoms with E-state index < -0.39 is 11.0 Å². The van der Waals surface area contributed by atoms with Crippen molar-refractivity contribution < 1.29 is 0 Å². The molecule has 0 N–H and O–H groups in total. The molecule has 0 aliphatic carbocycles. The minimum absolute atomic E-state index is 0. The van der Waals surface area contributed by atoms with Gasteiger partial charge in [0.2, 0.25) is 0 Å². The molecule has 1 aliphatic rings. The standard InChI is InChI=1S/C10H6N6.Na/c11-4-9(5-12)2-1-3-16(8-15)10(9,6-13)7-14;/h1-3H2;. The van der Waals surface area contributed by atoms with Crippen molar-refractivity contribution in [1.82, 2.24) is 4.90 Å². The minimum atomic E-state index is -2.00. The van der Waals surface area contributed by atoms with Gasteiger partial charge in [0, 0.05) is 36.1 Å². The van der Waals surface area contributed by atoms with Gasteiger partial charge in [-0.2, -0.15) is 26.3 Å². The van der Waals surface area contributed by atoms with Gasteiger partial charge < -0.3 is 0 Å². The summed E-state index contributed by atoms with van der Waals surface area (Å²) in [6.07, 6.45) is 2.26. The van der Waals surface area contributed by atoms with E-state index in [0.717, 1.165) is 4.90 Å². The van der Waals surface area contributed by atoms with E-state index in [1.165, 1.54) is 0 Å². The Kier molecular flexibility index (Phi) is 4.97. The van der Waals surface area contributed by atoms with E-state index in [-0.39, 0.29) is 42.5 Å². The molecule has 6 nitrogen and oxygen atoms in total. The average Bonchev–Trinajstić information content (AvgIpc) is 2.37. The fourth-order valence-electron chi connectivity index (χ4n) is 1.84. The van der Waals surface area contributed by atoms with Crippen molar-refractivity contribution in [1.29, 1.82) is 26.3 Å². The molecule has 7 heteroatoms. The largest absolute Gasteiger partial charge is 0.276 e. The monoisotopic (exact) mass is 233 g/mol. The van der Waals surface area contributed by atoms with Crippen LogP contribution in [0.5, 0.6) is 0 Å². The second-order valence-corrected chi connectivity index (χ2v) is 3.42. The van der Waals surface area contributed by atoms with Gasteiger partial charge in [-0.3, -0.25) is 4.90 Å². The first kappa shape index (κ1) is 15.2. The van der Waals surface area contributed by atoms with Gasteiger partial charge in [-0.25, -0.2) is 0 Å². The van der Waals surface area contributed by atoms with Crippen LogP contribution in [0, 0.1) is 62.2 Å². The Morgan fingerprint density at radius 3 is 1.76 bits per heavy atom. The third-order valence-corrected chi connectivity index (χ3v) is 2.78. The molecule has 1 radical (unpaired) electrons. The van der Waals surface area contributed by atoms with Gasteiger partial charge in [-0.05, 0) is 12.8 Å². The zero-order valence-corrected chi connectivity index (χ0v) is 11.3. The first-order valence-corrected chi connectivity index (χ1v) is 4.49. The molecular weight excluding hydrogens is 227 g/mol. The molecule has 0 aromatic rings. The molecular formula is C10H6N6Na. The van der Waals surface area contributed by atoms with Gasteiger partial charge in [-0.1, -0.05) is 0 Å². The molecule has 0 spiro atoms. The fraction of sp³-hybridized carbons (Fsp3) is 0.500. The maximum Gasteiger partial charge on any atom is 0.254 e. The van der Waals surface area contributed by atoms with Gasteiger partial charge >= 0.3 is 0 Å². The Balaban J connectivity index is 0.00000256. The molecule has 0 saturated carbocycles. The van der Waals surface area contributed by atoms with Crippen molar-refractivity contribution in [2.45, 2.75) is 18.4 Å². The molecule has 0 bridgehead atoms. The maximum atomic E-state index is 9.07. The van der Waals surface area contributed by atoms with Crippen molar-refractivity contribution in [3.05, 3.63) is 0 Å². The summed E-state index contributed by atoms with van der Waals surface area (Å²) in [6.45, 7) is 0.211. The Labute approximate surface area is 121 Å². The molecule has 1 saturated heterocycles. The number of hydrogen-bond acceptors (Lipinski definition) is 6. The normalized spacial score (nSPS) is 19.1. The Morgan fingerprint density at radius 1 is 0.882 bits per heavy atom.